The molecule has 1 rings (SSSR count). The fourth-order valence-electron chi connectivity index (χ4n) is 1.01. The van der Waals surface area contributed by atoms with Gasteiger partial charge in [-0.15, -0.1) is 0 Å². The first-order valence-electron chi connectivity index (χ1n) is 4.63. The molecule has 1 aromatic heterocycles. The highest BCUT2D eigenvalue weighted by atomic mass is 127. The van der Waals surface area contributed by atoms with Crippen LogP contribution in [-0.2, 0) is 9.47 Å². The summed E-state index contributed by atoms with van der Waals surface area (Å²) in [4.78, 5) is 22.7. The first-order valence-corrected chi connectivity index (χ1v) is 5.71. The molecule has 6 nitrogen and oxygen atoms in total. The average Bonchev–Trinajstić information content (AvgIpc) is 2.31. The second-order valence-corrected chi connectivity index (χ2v) is 4.07. The van der Waals surface area contributed by atoms with Crippen molar-refractivity contribution in [1.82, 2.24) is 0 Å². The second-order valence-electron chi connectivity index (χ2n) is 2.91. The van der Waals surface area contributed by atoms with Gasteiger partial charge in [-0.1, -0.05) is 0 Å². The van der Waals surface area contributed by atoms with Gasteiger partial charge in [0.25, 0.3) is 0 Å². The standard InChI is InChI=1S/C10H11IO6/c1-14-3-4-16-8-6(11)5-7(9(12)15-2)17-10(8)13/h5H,3-4H2,1-2H3. The lowest BCUT2D eigenvalue weighted by Crippen LogP contribution is -2.15. The number of carbonyl (C=O) groups excluding carboxylic acids is 1. The third kappa shape index (κ3) is 3.70. The van der Waals surface area contributed by atoms with E-state index in [1.165, 1.54) is 20.3 Å². The summed E-state index contributed by atoms with van der Waals surface area (Å²) >= 11 is 1.88. The Labute approximate surface area is 111 Å². The van der Waals surface area contributed by atoms with Crippen molar-refractivity contribution in [1.29, 1.82) is 0 Å². The molecule has 0 atom stereocenters. The quantitative estimate of drug-likeness (QED) is 0.447. The molecule has 0 spiro atoms. The number of rotatable bonds is 5. The Balaban J connectivity index is 2.94. The normalized spacial score (nSPS) is 10.1. The Bertz CT molecular complexity index is 453. The smallest absolute Gasteiger partial charge is 0.380 e. The van der Waals surface area contributed by atoms with Crippen molar-refractivity contribution in [3.8, 4) is 5.75 Å². The van der Waals surface area contributed by atoms with Crippen molar-refractivity contribution in [3.63, 3.8) is 0 Å². The lowest BCUT2D eigenvalue weighted by atomic mass is 10.4. The molecule has 0 amide bonds. The van der Waals surface area contributed by atoms with Gasteiger partial charge in [0.05, 0.1) is 17.3 Å². The van der Waals surface area contributed by atoms with Gasteiger partial charge in [0, 0.05) is 13.2 Å². The molecule has 0 saturated carbocycles. The van der Waals surface area contributed by atoms with E-state index in [-0.39, 0.29) is 18.1 Å². The summed E-state index contributed by atoms with van der Waals surface area (Å²) in [6, 6.07) is 1.38. The van der Waals surface area contributed by atoms with Crippen LogP contribution in [0.2, 0.25) is 0 Å². The molecule has 0 aliphatic rings. The van der Waals surface area contributed by atoms with Crippen molar-refractivity contribution >= 4 is 28.6 Å². The number of esters is 1. The molecule has 0 unspecified atom stereocenters. The van der Waals surface area contributed by atoms with Gasteiger partial charge in [-0.2, -0.15) is 0 Å². The van der Waals surface area contributed by atoms with E-state index in [1.54, 1.807) is 0 Å². The van der Waals surface area contributed by atoms with E-state index in [0.717, 1.165) is 0 Å². The van der Waals surface area contributed by atoms with Crippen LogP contribution in [0.5, 0.6) is 5.75 Å². The van der Waals surface area contributed by atoms with E-state index in [2.05, 4.69) is 4.74 Å². The molecular weight excluding hydrogens is 343 g/mol. The summed E-state index contributed by atoms with van der Waals surface area (Å²) in [6.45, 7) is 0.586. The highest BCUT2D eigenvalue weighted by molar-refractivity contribution is 14.1. The zero-order valence-corrected chi connectivity index (χ0v) is 11.5. The van der Waals surface area contributed by atoms with Gasteiger partial charge in [0.1, 0.15) is 6.61 Å². The summed E-state index contributed by atoms with van der Waals surface area (Å²) in [5, 5.41) is 0. The van der Waals surface area contributed by atoms with E-state index in [1.807, 2.05) is 22.6 Å². The lowest BCUT2D eigenvalue weighted by molar-refractivity contribution is 0.0557. The highest BCUT2D eigenvalue weighted by Gasteiger charge is 2.16. The van der Waals surface area contributed by atoms with Gasteiger partial charge in [-0.3, -0.25) is 0 Å². The second kappa shape index (κ2) is 6.60. The van der Waals surface area contributed by atoms with Crippen LogP contribution in [-0.4, -0.2) is 33.4 Å². The fraction of sp³-hybridized carbons (Fsp3) is 0.400. The molecule has 0 fully saturated rings. The molecule has 0 aliphatic carbocycles. The van der Waals surface area contributed by atoms with E-state index >= 15 is 0 Å². The molecule has 1 aromatic rings. The predicted molar refractivity (Wildman–Crippen MR) is 66.4 cm³/mol. The van der Waals surface area contributed by atoms with Crippen LogP contribution in [0.15, 0.2) is 15.3 Å². The Morgan fingerprint density at radius 1 is 1.41 bits per heavy atom. The molecule has 17 heavy (non-hydrogen) atoms. The predicted octanol–water partition coefficient (Wildman–Crippen LogP) is 1.06. The summed E-state index contributed by atoms with van der Waals surface area (Å²) in [5.41, 5.74) is -0.714. The van der Waals surface area contributed by atoms with Gasteiger partial charge in [0.2, 0.25) is 11.5 Å². The van der Waals surface area contributed by atoms with Crippen LogP contribution < -0.4 is 10.4 Å². The van der Waals surface area contributed by atoms with Crippen LogP contribution in [0.1, 0.15) is 10.6 Å². The van der Waals surface area contributed by atoms with Gasteiger partial charge in [0.15, 0.2) is 0 Å². The molecule has 1 heterocycles. The molecule has 0 radical (unpaired) electrons. The van der Waals surface area contributed by atoms with Gasteiger partial charge in [-0.05, 0) is 22.6 Å². The number of carbonyl (C=O) groups is 1. The van der Waals surface area contributed by atoms with E-state index in [0.29, 0.717) is 10.2 Å². The van der Waals surface area contributed by atoms with Crippen molar-refractivity contribution in [3.05, 3.63) is 25.8 Å². The molecule has 0 N–H and O–H groups in total. The van der Waals surface area contributed by atoms with Crippen molar-refractivity contribution in [2.24, 2.45) is 0 Å². The first kappa shape index (κ1) is 14.0. The number of hydrogen-bond donors (Lipinski definition) is 0. The largest absolute Gasteiger partial charge is 0.483 e. The average molecular weight is 354 g/mol. The molecule has 0 aliphatic heterocycles. The molecule has 7 heteroatoms. The topological polar surface area (TPSA) is 75.0 Å². The van der Waals surface area contributed by atoms with Gasteiger partial charge in [-0.25, -0.2) is 9.59 Å². The number of halogens is 1. The van der Waals surface area contributed by atoms with Gasteiger partial charge < -0.3 is 18.6 Å². The minimum atomic E-state index is -0.714. The highest BCUT2D eigenvalue weighted by Crippen LogP contribution is 2.17. The Morgan fingerprint density at radius 3 is 2.65 bits per heavy atom. The zero-order valence-electron chi connectivity index (χ0n) is 9.32. The molecular formula is C10H11IO6. The van der Waals surface area contributed by atoms with Crippen LogP contribution in [0, 0.1) is 3.57 Å². The van der Waals surface area contributed by atoms with Crippen molar-refractivity contribution < 1.29 is 23.4 Å². The molecule has 94 valence electrons. The van der Waals surface area contributed by atoms with E-state index < -0.39 is 11.6 Å². The Morgan fingerprint density at radius 2 is 2.12 bits per heavy atom. The maximum absolute atomic E-state index is 11.5. The maximum Gasteiger partial charge on any atom is 0.380 e. The number of methoxy groups -OCH3 is 2. The summed E-state index contributed by atoms with van der Waals surface area (Å²) in [7, 11) is 2.73. The van der Waals surface area contributed by atoms with Crippen LogP contribution in [0.4, 0.5) is 0 Å². The Hall–Kier alpha value is -1.09. The van der Waals surface area contributed by atoms with Crippen molar-refractivity contribution in [2.75, 3.05) is 27.4 Å². The van der Waals surface area contributed by atoms with E-state index in [9.17, 15) is 9.59 Å². The summed E-state index contributed by atoms with van der Waals surface area (Å²) in [5.74, 6) is -0.792. The zero-order chi connectivity index (χ0) is 12.8. The minimum Gasteiger partial charge on any atom is -0.483 e. The summed E-state index contributed by atoms with van der Waals surface area (Å²) < 4.78 is 19.7. The SMILES string of the molecule is COCCOc1c(I)cc(C(=O)OC)oc1=O. The third-order valence-electron chi connectivity index (χ3n) is 1.78. The maximum atomic E-state index is 11.5. The first-order chi connectivity index (χ1) is 8.10. The fourth-order valence-corrected chi connectivity index (χ4v) is 1.67. The minimum absolute atomic E-state index is 0.0651. The van der Waals surface area contributed by atoms with Crippen molar-refractivity contribution in [2.45, 2.75) is 0 Å². The van der Waals surface area contributed by atoms with Crippen LogP contribution >= 0.6 is 22.6 Å². The van der Waals surface area contributed by atoms with Crippen LogP contribution in [0.3, 0.4) is 0 Å². The van der Waals surface area contributed by atoms with Gasteiger partial charge >= 0.3 is 11.6 Å². The number of ether oxygens (including phenoxy) is 3. The number of hydrogen-bond acceptors (Lipinski definition) is 6. The molecule has 0 aromatic carbocycles. The van der Waals surface area contributed by atoms with E-state index in [4.69, 9.17) is 13.9 Å². The monoisotopic (exact) mass is 354 g/mol. The third-order valence-corrected chi connectivity index (χ3v) is 2.58. The van der Waals surface area contributed by atoms with Crippen LogP contribution in [0.25, 0.3) is 0 Å². The Kier molecular flexibility index (Phi) is 5.42. The molecule has 0 saturated heterocycles. The molecule has 0 bridgehead atoms. The lowest BCUT2D eigenvalue weighted by Gasteiger charge is -2.06. The summed E-state index contributed by atoms with van der Waals surface area (Å²) in [6.07, 6.45) is 0.